The minimum Gasteiger partial charge on any atom is -0.491 e. The molecule has 4 atom stereocenters. The van der Waals surface area contributed by atoms with Gasteiger partial charge in [0.1, 0.15) is 11.9 Å². The number of anilines is 1. The van der Waals surface area contributed by atoms with Crippen LogP contribution in [-0.2, 0) is 26.9 Å². The van der Waals surface area contributed by atoms with Crippen LogP contribution in [0.15, 0.2) is 53.4 Å². The molecule has 1 fully saturated rings. The van der Waals surface area contributed by atoms with Gasteiger partial charge in [0.15, 0.2) is 11.0 Å². The molecule has 4 unspecified atom stereocenters. The summed E-state index contributed by atoms with van der Waals surface area (Å²) >= 11 is 6.43. The van der Waals surface area contributed by atoms with Crippen molar-refractivity contribution in [3.05, 3.63) is 64.7 Å². The Morgan fingerprint density at radius 3 is 2.64 bits per heavy atom. The third kappa shape index (κ3) is 8.15. The molecule has 0 radical (unpaired) electrons. The van der Waals surface area contributed by atoms with Gasteiger partial charge >= 0.3 is 6.09 Å². The van der Waals surface area contributed by atoms with E-state index in [0.717, 1.165) is 55.9 Å². The molecule has 256 valence electrons. The maximum atomic E-state index is 13.6. The number of nitrogens with zero attached hydrogens (tertiary/aromatic N) is 3. The number of halogens is 1. The maximum absolute atomic E-state index is 13.6. The van der Waals surface area contributed by atoms with Crippen molar-refractivity contribution >= 4 is 40.3 Å². The van der Waals surface area contributed by atoms with Crippen LogP contribution in [0.5, 0.6) is 5.75 Å². The predicted octanol–water partition coefficient (Wildman–Crippen LogP) is 6.32. The number of aryl methyl sites for hydroxylation is 1. The van der Waals surface area contributed by atoms with Crippen molar-refractivity contribution < 1.29 is 23.3 Å². The van der Waals surface area contributed by atoms with Crippen LogP contribution in [0, 0.1) is 5.92 Å². The fourth-order valence-corrected chi connectivity index (χ4v) is 7.52. The summed E-state index contributed by atoms with van der Waals surface area (Å²) in [5, 5.41) is 0.723. The first-order valence-corrected chi connectivity index (χ1v) is 18.4. The summed E-state index contributed by atoms with van der Waals surface area (Å²) in [6.45, 7) is 11.6. The number of benzene rings is 2. The summed E-state index contributed by atoms with van der Waals surface area (Å²) in [5.74, 6) is 0.484. The molecule has 0 spiro atoms. The Balaban J connectivity index is 1.53. The summed E-state index contributed by atoms with van der Waals surface area (Å²) in [6, 6.07) is 11.6. The zero-order valence-corrected chi connectivity index (χ0v) is 29.9. The quantitative estimate of drug-likeness (QED) is 0.369. The zero-order valence-electron chi connectivity index (χ0n) is 28.3. The van der Waals surface area contributed by atoms with Crippen molar-refractivity contribution in [2.45, 2.75) is 82.3 Å². The number of hydrogen-bond donors (Lipinski definition) is 1. The topological polar surface area (TPSA) is 91.4 Å². The first-order chi connectivity index (χ1) is 22.5. The monoisotopic (exact) mass is 684 g/mol. The number of rotatable bonds is 5. The number of likely N-dealkylation sites (N-methyl/N-ethyl adjacent to an activating group) is 1. The molecule has 1 saturated heterocycles. The van der Waals surface area contributed by atoms with Crippen LogP contribution >= 0.6 is 11.6 Å². The molecule has 11 heteroatoms. The van der Waals surface area contributed by atoms with E-state index in [1.165, 1.54) is 11.1 Å². The van der Waals surface area contributed by atoms with Gasteiger partial charge in [-0.15, -0.1) is 0 Å². The minimum absolute atomic E-state index is 0.0561. The second-order valence-corrected chi connectivity index (χ2v) is 15.0. The van der Waals surface area contributed by atoms with E-state index in [4.69, 9.17) is 21.1 Å². The summed E-state index contributed by atoms with van der Waals surface area (Å²) in [7, 11) is 0.0872. The van der Waals surface area contributed by atoms with Gasteiger partial charge in [-0.25, -0.2) is 9.00 Å². The Kier molecular flexibility index (Phi) is 11.6. The van der Waals surface area contributed by atoms with Gasteiger partial charge in [0, 0.05) is 49.6 Å². The Hall–Kier alpha value is -3.08. The number of carbonyl (C=O) groups is 2. The van der Waals surface area contributed by atoms with E-state index in [1.54, 1.807) is 11.0 Å². The largest absolute Gasteiger partial charge is 0.491 e. The zero-order chi connectivity index (χ0) is 33.7. The van der Waals surface area contributed by atoms with E-state index in [2.05, 4.69) is 35.6 Å². The van der Waals surface area contributed by atoms with Crippen LogP contribution in [0.25, 0.3) is 0 Å². The Morgan fingerprint density at radius 2 is 1.94 bits per heavy atom. The lowest BCUT2D eigenvalue weighted by Gasteiger charge is -2.35. The third-order valence-electron chi connectivity index (χ3n) is 9.94. The van der Waals surface area contributed by atoms with Gasteiger partial charge in [0.05, 0.1) is 22.7 Å². The lowest BCUT2D eigenvalue weighted by molar-refractivity contribution is -0.128. The van der Waals surface area contributed by atoms with Crippen LogP contribution in [0.2, 0.25) is 5.02 Å². The Morgan fingerprint density at radius 1 is 1.15 bits per heavy atom. The van der Waals surface area contributed by atoms with Crippen molar-refractivity contribution in [1.82, 2.24) is 14.5 Å². The Bertz CT molecular complexity index is 1500. The molecule has 0 saturated carbocycles. The molecule has 2 bridgehead atoms. The molecule has 2 amide bonds. The number of likely N-dealkylation sites (tertiary alicyclic amines) is 1. The van der Waals surface area contributed by atoms with Gasteiger partial charge in [-0.3, -0.25) is 14.4 Å². The highest BCUT2D eigenvalue weighted by Gasteiger charge is 2.35. The average molecular weight is 685 g/mol. The molecular weight excluding hydrogens is 636 g/mol. The number of nitrogens with one attached hydrogen (secondary N) is 1. The molecule has 47 heavy (non-hydrogen) atoms. The predicted molar refractivity (Wildman–Crippen MR) is 188 cm³/mol. The summed E-state index contributed by atoms with van der Waals surface area (Å²) in [5.41, 5.74) is 2.32. The normalized spacial score (nSPS) is 26.0. The number of amides is 2. The van der Waals surface area contributed by atoms with Crippen LogP contribution in [0.1, 0.15) is 70.4 Å². The molecule has 9 nitrogen and oxygen atoms in total. The third-order valence-corrected chi connectivity index (χ3v) is 11.2. The van der Waals surface area contributed by atoms with Gasteiger partial charge < -0.3 is 19.3 Å². The second kappa shape index (κ2) is 15.4. The minimum atomic E-state index is -1.77. The van der Waals surface area contributed by atoms with E-state index >= 15 is 0 Å². The van der Waals surface area contributed by atoms with Crippen molar-refractivity contribution in [2.75, 3.05) is 51.3 Å². The second-order valence-electron chi connectivity index (χ2n) is 13.4. The van der Waals surface area contributed by atoms with E-state index < -0.39 is 22.6 Å². The summed E-state index contributed by atoms with van der Waals surface area (Å²) in [4.78, 5) is 32.9. The van der Waals surface area contributed by atoms with Gasteiger partial charge in [-0.05, 0) is 94.1 Å². The highest BCUT2D eigenvalue weighted by Crippen LogP contribution is 2.38. The van der Waals surface area contributed by atoms with Crippen molar-refractivity contribution in [1.29, 1.82) is 0 Å². The van der Waals surface area contributed by atoms with E-state index in [1.807, 2.05) is 56.1 Å². The lowest BCUT2D eigenvalue weighted by atomic mass is 9.91. The number of ether oxygens (including phenoxy) is 2. The molecule has 3 heterocycles. The highest BCUT2D eigenvalue weighted by atomic mass is 35.5. The fourth-order valence-electron chi connectivity index (χ4n) is 6.37. The van der Waals surface area contributed by atoms with Crippen LogP contribution in [-0.4, -0.2) is 84.0 Å². The molecule has 0 aliphatic carbocycles. The van der Waals surface area contributed by atoms with E-state index in [9.17, 15) is 13.8 Å². The molecule has 0 aromatic heterocycles. The summed E-state index contributed by atoms with van der Waals surface area (Å²) in [6.07, 6.45) is 7.74. The van der Waals surface area contributed by atoms with Crippen LogP contribution in [0.3, 0.4) is 0 Å². The van der Waals surface area contributed by atoms with Crippen molar-refractivity contribution in [2.24, 2.45) is 5.92 Å². The Labute approximate surface area is 287 Å². The first-order valence-electron chi connectivity index (χ1n) is 16.9. The molecule has 2 aromatic carbocycles. The van der Waals surface area contributed by atoms with Crippen LogP contribution < -0.4 is 14.4 Å². The molecule has 3 aliphatic rings. The molecule has 5 rings (SSSR count). The van der Waals surface area contributed by atoms with Gasteiger partial charge in [0.2, 0.25) is 0 Å². The van der Waals surface area contributed by atoms with Crippen LogP contribution in [0.4, 0.5) is 10.5 Å². The smallest absolute Gasteiger partial charge is 0.410 e. The van der Waals surface area contributed by atoms with Gasteiger partial charge in [0.25, 0.3) is 5.91 Å². The number of fused-ring (bicyclic) bond motifs is 1. The molecular formula is C36H49ClN4O5S. The average Bonchev–Trinajstić information content (AvgIpc) is 3.19. The number of carbonyl (C=O) groups excluding carboxylic acids is 2. The molecule has 3 aliphatic heterocycles. The summed E-state index contributed by atoms with van der Waals surface area (Å²) < 4.78 is 28.9. The fraction of sp³-hybridized carbons (Fsp3) is 0.556. The van der Waals surface area contributed by atoms with E-state index in [-0.39, 0.29) is 23.8 Å². The maximum Gasteiger partial charge on any atom is 0.410 e. The van der Waals surface area contributed by atoms with Gasteiger partial charge in [-0.1, -0.05) is 44.0 Å². The molecule has 2 aromatic rings. The standard InChI is InChI=1S/C36H49ClN4O5S/c1-6-10-26-21-28(37)12-14-30(26)27-23-41-20-16-25(7-2)32(46-35(43)40-18-9-19-40)11-8-17-39(5)36(3,4)34(42)38-47(44)29-13-15-33(45-24-27)31(41)22-29/h8,11-15,21-22,25,27,32H,6-7,9-10,16-20,23-24H2,1-5H3,(H,38,42)/b11-8+. The van der Waals surface area contributed by atoms with E-state index in [0.29, 0.717) is 36.9 Å². The van der Waals surface area contributed by atoms with Gasteiger partial charge in [-0.2, -0.15) is 0 Å². The lowest BCUT2D eigenvalue weighted by Crippen LogP contribution is -2.53. The van der Waals surface area contributed by atoms with Crippen molar-refractivity contribution in [3.63, 3.8) is 0 Å². The SMILES string of the molecule is CCCc1cc(Cl)ccc1C1COc2ccc3cc2N(CCC(CC)C(OC(=O)N2CCC2)/C=C/CN(C)C(C)(C)C(=O)NS3=O)C1. The highest BCUT2D eigenvalue weighted by molar-refractivity contribution is 7.83. The van der Waals surface area contributed by atoms with Crippen molar-refractivity contribution in [3.8, 4) is 5.75 Å². The molecule has 1 N–H and O–H groups in total. The first kappa shape index (κ1) is 35.2. The number of hydrogen-bond acceptors (Lipinski definition) is 7.